The predicted octanol–water partition coefficient (Wildman–Crippen LogP) is 6.29. The molecule has 1 fully saturated rings. The van der Waals surface area contributed by atoms with Gasteiger partial charge in [0.2, 0.25) is 0 Å². The van der Waals surface area contributed by atoms with E-state index in [0.29, 0.717) is 12.1 Å². The Bertz CT molecular complexity index is 411. The van der Waals surface area contributed by atoms with Crippen LogP contribution in [0.4, 0.5) is 0 Å². The van der Waals surface area contributed by atoms with Crippen molar-refractivity contribution in [3.63, 3.8) is 0 Å². The van der Waals surface area contributed by atoms with Crippen molar-refractivity contribution in [2.45, 2.75) is 105 Å². The first kappa shape index (κ1) is 38.9. The van der Waals surface area contributed by atoms with Crippen LogP contribution in [0.25, 0.3) is 5.32 Å². The van der Waals surface area contributed by atoms with Gasteiger partial charge >= 0.3 is 32.7 Å². The number of nitrogens with zero attached hydrogens (tertiary/aromatic N) is 4. The molecule has 196 valence electrons. The zero-order valence-electron chi connectivity index (χ0n) is 25.1. The number of hydrogen-bond donors (Lipinski definition) is 0. The Morgan fingerprint density at radius 2 is 0.970 bits per heavy atom. The van der Waals surface area contributed by atoms with Gasteiger partial charge in [0.05, 0.1) is 0 Å². The summed E-state index contributed by atoms with van der Waals surface area (Å²) in [5.74, 6) is 0. The van der Waals surface area contributed by atoms with Crippen molar-refractivity contribution >= 4 is 16.1 Å². The molecule has 0 aromatic carbocycles. The van der Waals surface area contributed by atoms with Crippen molar-refractivity contribution in [2.24, 2.45) is 0 Å². The normalized spacial score (nSPS) is 17.7. The van der Waals surface area contributed by atoms with Crippen molar-refractivity contribution in [3.05, 3.63) is 18.4 Å². The fourth-order valence-electron chi connectivity index (χ4n) is 2.92. The third-order valence-electron chi connectivity index (χ3n) is 4.54. The monoisotopic (exact) mass is 574 g/mol. The van der Waals surface area contributed by atoms with Crippen molar-refractivity contribution in [2.75, 3.05) is 52.4 Å². The Labute approximate surface area is 238 Å². The van der Waals surface area contributed by atoms with Crippen LogP contribution in [0, 0.1) is 13.1 Å². The molecule has 0 aromatic heterocycles. The smallest absolute Gasteiger partial charge is 0.656 e. The zero-order chi connectivity index (χ0) is 25.8. The summed E-state index contributed by atoms with van der Waals surface area (Å²) in [6, 6.07) is 1.27. The largest absolute Gasteiger partial charge is 3.00 e. The van der Waals surface area contributed by atoms with E-state index in [0.717, 1.165) is 13.1 Å². The van der Waals surface area contributed by atoms with Crippen LogP contribution < -0.4 is 0 Å². The van der Waals surface area contributed by atoms with Gasteiger partial charge in [-0.3, -0.25) is 9.80 Å². The molecule has 1 saturated heterocycles. The maximum absolute atomic E-state index is 4.77. The van der Waals surface area contributed by atoms with Crippen LogP contribution in [0.1, 0.15) is 48.5 Å². The quantitative estimate of drug-likeness (QED) is 0.285. The first-order chi connectivity index (χ1) is 14.2. The first-order valence-electron chi connectivity index (χ1n) is 12.8. The fraction of sp³-hybridized carbons (Fsp3) is 0.923. The van der Waals surface area contributed by atoms with E-state index in [4.69, 9.17) is 5.32 Å². The summed E-state index contributed by atoms with van der Waals surface area (Å²) in [6.07, 6.45) is 0. The van der Waals surface area contributed by atoms with E-state index in [9.17, 15) is 0 Å². The zero-order valence-corrected chi connectivity index (χ0v) is 29.9. The molecule has 0 bridgehead atoms. The molecule has 1 rings (SSSR count). The van der Waals surface area contributed by atoms with Gasteiger partial charge in [-0.2, -0.15) is 0 Å². The van der Waals surface area contributed by atoms with Crippen molar-refractivity contribution in [3.8, 4) is 0 Å². The topological polar surface area (TPSA) is 23.8 Å². The van der Waals surface area contributed by atoms with Crippen molar-refractivity contribution < 1.29 is 32.7 Å². The molecule has 1 aliphatic heterocycles. The van der Waals surface area contributed by atoms with Gasteiger partial charge in [0.1, 0.15) is 0 Å². The summed E-state index contributed by atoms with van der Waals surface area (Å²) >= 11 is 0. The minimum atomic E-state index is -0.861. The molecule has 0 aliphatic carbocycles. The van der Waals surface area contributed by atoms with Gasteiger partial charge < -0.3 is 23.3 Å². The molecule has 33 heavy (non-hydrogen) atoms. The van der Waals surface area contributed by atoms with Gasteiger partial charge in [-0.15, -0.1) is 28.2 Å². The molecule has 0 aromatic rings. The maximum Gasteiger partial charge on any atom is 3.00 e. The van der Waals surface area contributed by atoms with Gasteiger partial charge in [-0.05, 0) is 34.2 Å². The summed E-state index contributed by atoms with van der Waals surface area (Å²) in [7, 11) is -1.72. The molecule has 0 unspecified atom stereocenters. The van der Waals surface area contributed by atoms with Crippen LogP contribution >= 0.6 is 0 Å². The minimum absolute atomic E-state index is 0. The number of hydrogen-bond acceptors (Lipinski definition) is 3. The standard InChI is InChI=1S/C18H39N4.2C4H11Si.Y/c1-16(2)21-12-10-20(9-8-19-18(5,6)7)11-13-22(15-14-21)17(3)4;2*1-5(2,3)4;/h16-17H,8-15H2,1-7H3;2*1H2,2-4H3;/q3*-1;+3. The van der Waals surface area contributed by atoms with Gasteiger partial charge in [-0.25, -0.2) is 0 Å². The molecule has 0 spiro atoms. The minimum Gasteiger partial charge on any atom is -0.656 e. The van der Waals surface area contributed by atoms with Gasteiger partial charge in [0, 0.05) is 51.4 Å². The fourth-order valence-corrected chi connectivity index (χ4v) is 2.92. The van der Waals surface area contributed by atoms with Gasteiger partial charge in [0.25, 0.3) is 0 Å². The van der Waals surface area contributed by atoms with Crippen LogP contribution in [0.15, 0.2) is 0 Å². The molecular weight excluding hydrogens is 513 g/mol. The van der Waals surface area contributed by atoms with E-state index in [1.54, 1.807) is 0 Å². The number of rotatable bonds is 5. The molecule has 1 heterocycles. The second kappa shape index (κ2) is 18.6. The predicted molar refractivity (Wildman–Crippen MR) is 155 cm³/mol. The second-order valence-corrected chi connectivity index (χ2v) is 23.5. The van der Waals surface area contributed by atoms with Crippen molar-refractivity contribution in [1.29, 1.82) is 0 Å². The van der Waals surface area contributed by atoms with E-state index in [-0.39, 0.29) is 38.2 Å². The summed E-state index contributed by atoms with van der Waals surface area (Å²) in [4.78, 5) is 7.84. The van der Waals surface area contributed by atoms with Gasteiger partial charge in [-0.1, -0.05) is 60.1 Å². The molecule has 4 nitrogen and oxygen atoms in total. The Morgan fingerprint density at radius 3 is 1.21 bits per heavy atom. The van der Waals surface area contributed by atoms with E-state index in [1.165, 1.54) is 39.3 Å². The van der Waals surface area contributed by atoms with Gasteiger partial charge in [0.15, 0.2) is 0 Å². The SMILES string of the molecule is CC(C)N1CCN(CC[N-]C(C)(C)C)CCN(C(C)C)CC1.[CH2-][Si](C)(C)C.[CH2-][Si](C)(C)C.[Y+3]. The Balaban J connectivity index is -0.000000686. The van der Waals surface area contributed by atoms with E-state index in [2.05, 4.69) is 116 Å². The second-order valence-electron chi connectivity index (χ2n) is 13.3. The van der Waals surface area contributed by atoms with Crippen LogP contribution in [-0.2, 0) is 32.7 Å². The Kier molecular flexibility index (Phi) is 21.9. The molecule has 1 aliphatic rings. The third kappa shape index (κ3) is 33.4. The summed E-state index contributed by atoms with van der Waals surface area (Å²) in [6.45, 7) is 46.1. The van der Waals surface area contributed by atoms with E-state index < -0.39 is 16.1 Å². The van der Waals surface area contributed by atoms with Crippen LogP contribution in [-0.4, -0.2) is 101 Å². The van der Waals surface area contributed by atoms with E-state index in [1.807, 2.05) is 0 Å². The Hall–Kier alpha value is 1.38. The molecule has 0 saturated carbocycles. The summed E-state index contributed by atoms with van der Waals surface area (Å²) < 4.78 is 0. The average molecular weight is 575 g/mol. The molecular formula is C26H61N4Si2Y. The molecule has 0 N–H and O–H groups in total. The van der Waals surface area contributed by atoms with E-state index >= 15 is 0 Å². The van der Waals surface area contributed by atoms with Crippen molar-refractivity contribution in [1.82, 2.24) is 14.7 Å². The van der Waals surface area contributed by atoms with Crippen LogP contribution in [0.3, 0.4) is 0 Å². The average Bonchev–Trinajstić information content (AvgIpc) is 2.61. The molecule has 0 amide bonds. The summed E-state index contributed by atoms with van der Waals surface area (Å²) in [5, 5.41) is 4.77. The molecule has 0 radical (unpaired) electrons. The first-order valence-corrected chi connectivity index (χ1v) is 20.2. The van der Waals surface area contributed by atoms with Crippen LogP contribution in [0.5, 0.6) is 0 Å². The van der Waals surface area contributed by atoms with Crippen LogP contribution in [0.2, 0.25) is 39.3 Å². The summed E-state index contributed by atoms with van der Waals surface area (Å²) in [5.41, 5.74) is 0.0908. The molecule has 7 heteroatoms. The maximum atomic E-state index is 4.77. The Morgan fingerprint density at radius 1 is 0.697 bits per heavy atom. The molecule has 0 atom stereocenters. The third-order valence-corrected chi connectivity index (χ3v) is 4.54.